The number of carbonyl (C=O) groups is 1. The highest BCUT2D eigenvalue weighted by Crippen LogP contribution is 2.18. The van der Waals surface area contributed by atoms with Crippen LogP contribution in [0.5, 0.6) is 0 Å². The number of nitrogens with zero attached hydrogens (tertiary/aromatic N) is 2. The fourth-order valence-electron chi connectivity index (χ4n) is 2.33. The van der Waals surface area contributed by atoms with Crippen LogP contribution in [0.4, 0.5) is 0 Å². The topological polar surface area (TPSA) is 46.9 Å². The molecule has 0 radical (unpaired) electrons. The van der Waals surface area contributed by atoms with Crippen molar-refractivity contribution in [1.29, 1.82) is 0 Å². The van der Waals surface area contributed by atoms with Gasteiger partial charge in [0.1, 0.15) is 5.69 Å². The van der Waals surface area contributed by atoms with Gasteiger partial charge in [0.05, 0.1) is 17.8 Å². The largest absolute Gasteiger partial charge is 0.307 e. The Bertz CT molecular complexity index is 396. The molecule has 94 valence electrons. The fraction of sp³-hybridized carbons (Fsp3) is 0.667. The van der Waals surface area contributed by atoms with Crippen molar-refractivity contribution >= 4 is 17.4 Å². The molecule has 1 N–H and O–H groups in total. The molecule has 0 bridgehead atoms. The zero-order chi connectivity index (χ0) is 12.3. The highest BCUT2D eigenvalue weighted by molar-refractivity contribution is 6.33. The molecule has 0 amide bonds. The Labute approximate surface area is 106 Å². The van der Waals surface area contributed by atoms with Gasteiger partial charge in [-0.2, -0.15) is 5.10 Å². The summed E-state index contributed by atoms with van der Waals surface area (Å²) in [5, 5.41) is 7.82. The Kier molecular flexibility index (Phi) is 4.18. The van der Waals surface area contributed by atoms with E-state index >= 15 is 0 Å². The molecule has 1 aromatic rings. The molecule has 4 nitrogen and oxygen atoms in total. The molecule has 1 fully saturated rings. The summed E-state index contributed by atoms with van der Waals surface area (Å²) in [5.74, 6) is 0.0289. The first kappa shape index (κ1) is 12.6. The number of carbonyl (C=O) groups excluding carboxylic acids is 1. The molecule has 17 heavy (non-hydrogen) atoms. The Morgan fingerprint density at radius 1 is 1.59 bits per heavy atom. The van der Waals surface area contributed by atoms with Crippen LogP contribution in [0.25, 0.3) is 0 Å². The van der Waals surface area contributed by atoms with Gasteiger partial charge in [0.25, 0.3) is 0 Å². The summed E-state index contributed by atoms with van der Waals surface area (Å²) >= 11 is 5.98. The van der Waals surface area contributed by atoms with E-state index in [1.54, 1.807) is 4.68 Å². The predicted molar refractivity (Wildman–Crippen MR) is 67.5 cm³/mol. The van der Waals surface area contributed by atoms with Gasteiger partial charge in [-0.3, -0.25) is 9.48 Å². The van der Waals surface area contributed by atoms with E-state index in [9.17, 15) is 4.79 Å². The molecule has 0 saturated heterocycles. The molecule has 0 spiro atoms. The zero-order valence-electron chi connectivity index (χ0n) is 10.1. The number of rotatable bonds is 5. The highest BCUT2D eigenvalue weighted by atomic mass is 35.5. The molecule has 2 rings (SSSR count). The maximum Gasteiger partial charge on any atom is 0.196 e. The zero-order valence-corrected chi connectivity index (χ0v) is 10.8. The number of nitrogens with one attached hydrogen (secondary N) is 1. The molecule has 5 heteroatoms. The monoisotopic (exact) mass is 255 g/mol. The molecule has 0 aliphatic heterocycles. The first-order valence-electron chi connectivity index (χ1n) is 6.20. The van der Waals surface area contributed by atoms with Gasteiger partial charge in [-0.15, -0.1) is 0 Å². The number of Topliss-reactive ketones (excluding diaryl/α,β-unsaturated/α-hetero) is 1. The van der Waals surface area contributed by atoms with Crippen molar-refractivity contribution < 1.29 is 4.79 Å². The normalized spacial score (nSPS) is 16.6. The summed E-state index contributed by atoms with van der Waals surface area (Å²) in [6.45, 7) is 2.97. The van der Waals surface area contributed by atoms with Crippen molar-refractivity contribution in [3.8, 4) is 0 Å². The van der Waals surface area contributed by atoms with E-state index < -0.39 is 0 Å². The molecule has 1 heterocycles. The minimum absolute atomic E-state index is 0.0289. The van der Waals surface area contributed by atoms with Gasteiger partial charge >= 0.3 is 0 Å². The van der Waals surface area contributed by atoms with Gasteiger partial charge in [0.15, 0.2) is 5.78 Å². The van der Waals surface area contributed by atoms with Crippen LogP contribution in [-0.4, -0.2) is 28.2 Å². The van der Waals surface area contributed by atoms with Crippen molar-refractivity contribution in [2.24, 2.45) is 0 Å². The van der Waals surface area contributed by atoms with Gasteiger partial charge in [-0.1, -0.05) is 24.4 Å². The van der Waals surface area contributed by atoms with Crippen molar-refractivity contribution in [2.75, 3.05) is 6.54 Å². The van der Waals surface area contributed by atoms with Crippen molar-refractivity contribution in [1.82, 2.24) is 15.1 Å². The van der Waals surface area contributed by atoms with Gasteiger partial charge in [-0.05, 0) is 19.8 Å². The van der Waals surface area contributed by atoms with Crippen molar-refractivity contribution in [2.45, 2.75) is 45.2 Å². The molecule has 0 aromatic carbocycles. The summed E-state index contributed by atoms with van der Waals surface area (Å²) in [4.78, 5) is 12.1. The van der Waals surface area contributed by atoms with Crippen molar-refractivity contribution in [3.63, 3.8) is 0 Å². The lowest BCUT2D eigenvalue weighted by Gasteiger charge is -2.11. The lowest BCUT2D eigenvalue weighted by atomic mass is 10.2. The highest BCUT2D eigenvalue weighted by Gasteiger charge is 2.19. The fourth-order valence-corrected chi connectivity index (χ4v) is 2.58. The third kappa shape index (κ3) is 2.87. The summed E-state index contributed by atoms with van der Waals surface area (Å²) in [6, 6.07) is 0.496. The molecular weight excluding hydrogens is 238 g/mol. The van der Waals surface area contributed by atoms with Crippen LogP contribution < -0.4 is 5.32 Å². The van der Waals surface area contributed by atoms with Crippen LogP contribution in [-0.2, 0) is 6.54 Å². The van der Waals surface area contributed by atoms with E-state index in [-0.39, 0.29) is 5.78 Å². The average Bonchev–Trinajstić information content (AvgIpc) is 2.94. The van der Waals surface area contributed by atoms with Gasteiger partial charge in [-0.25, -0.2) is 0 Å². The second kappa shape index (κ2) is 5.65. The Balaban J connectivity index is 1.96. The van der Waals surface area contributed by atoms with Crippen LogP contribution in [0.1, 0.15) is 43.1 Å². The predicted octanol–water partition coefficient (Wildman–Crippen LogP) is 2.27. The summed E-state index contributed by atoms with van der Waals surface area (Å²) in [5.41, 5.74) is 0.527. The van der Waals surface area contributed by atoms with Gasteiger partial charge in [0.2, 0.25) is 0 Å². The van der Waals surface area contributed by atoms with Crippen LogP contribution in [0.15, 0.2) is 6.20 Å². The minimum Gasteiger partial charge on any atom is -0.307 e. The quantitative estimate of drug-likeness (QED) is 0.821. The molecule has 0 atom stereocenters. The van der Waals surface area contributed by atoms with Gasteiger partial charge in [0, 0.05) is 12.6 Å². The minimum atomic E-state index is 0.0289. The van der Waals surface area contributed by atoms with Crippen molar-refractivity contribution in [3.05, 3.63) is 16.9 Å². The van der Waals surface area contributed by atoms with Gasteiger partial charge < -0.3 is 5.32 Å². The van der Waals surface area contributed by atoms with E-state index in [1.807, 2.05) is 6.92 Å². The number of aryl methyl sites for hydroxylation is 1. The van der Waals surface area contributed by atoms with E-state index in [2.05, 4.69) is 10.4 Å². The summed E-state index contributed by atoms with van der Waals surface area (Å²) in [7, 11) is 0. The first-order chi connectivity index (χ1) is 8.22. The molecule has 1 aromatic heterocycles. The molecule has 0 unspecified atom stereocenters. The number of ketones is 1. The van der Waals surface area contributed by atoms with Crippen LogP contribution in [0.3, 0.4) is 0 Å². The van der Waals surface area contributed by atoms with E-state index in [0.717, 1.165) is 0 Å². The third-order valence-electron chi connectivity index (χ3n) is 3.26. The Morgan fingerprint density at radius 3 is 2.94 bits per heavy atom. The second-order valence-electron chi connectivity index (χ2n) is 4.44. The second-order valence-corrected chi connectivity index (χ2v) is 4.85. The summed E-state index contributed by atoms with van der Waals surface area (Å²) < 4.78 is 1.65. The third-order valence-corrected chi connectivity index (χ3v) is 3.54. The number of hydrogen-bond donors (Lipinski definition) is 1. The smallest absolute Gasteiger partial charge is 0.196 e. The SMILES string of the molecule is CCn1ncc(Cl)c1C(=O)CNC1CCCC1. The number of halogens is 1. The summed E-state index contributed by atoms with van der Waals surface area (Å²) in [6.07, 6.45) is 6.41. The molecular formula is C12H18ClN3O. The average molecular weight is 256 g/mol. The molecule has 1 aliphatic rings. The Hall–Kier alpha value is -0.870. The first-order valence-corrected chi connectivity index (χ1v) is 6.58. The standard InChI is InChI=1S/C12H18ClN3O/c1-2-16-12(10(13)7-15-16)11(17)8-14-9-5-3-4-6-9/h7,9,14H,2-6,8H2,1H3. The maximum atomic E-state index is 12.1. The number of hydrogen-bond acceptors (Lipinski definition) is 3. The molecule has 1 aliphatic carbocycles. The van der Waals surface area contributed by atoms with Crippen LogP contribution >= 0.6 is 11.6 Å². The lowest BCUT2D eigenvalue weighted by molar-refractivity contribution is 0.0977. The number of aromatic nitrogens is 2. The van der Waals surface area contributed by atoms with E-state index in [1.165, 1.54) is 31.9 Å². The molecule has 1 saturated carbocycles. The van der Waals surface area contributed by atoms with E-state index in [0.29, 0.717) is 29.8 Å². The van der Waals surface area contributed by atoms with E-state index in [4.69, 9.17) is 11.6 Å². The van der Waals surface area contributed by atoms with Crippen LogP contribution in [0.2, 0.25) is 5.02 Å². The van der Waals surface area contributed by atoms with Crippen LogP contribution in [0, 0.1) is 0 Å². The maximum absolute atomic E-state index is 12.1. The lowest BCUT2D eigenvalue weighted by Crippen LogP contribution is -2.32. The Morgan fingerprint density at radius 2 is 2.29 bits per heavy atom.